The van der Waals surface area contributed by atoms with Crippen LogP contribution in [0.25, 0.3) is 0 Å². The molecule has 0 saturated carbocycles. The lowest BCUT2D eigenvalue weighted by molar-refractivity contribution is 0.372. The molecule has 0 fully saturated rings. The van der Waals surface area contributed by atoms with E-state index in [-0.39, 0.29) is 17.3 Å². The normalized spacial score (nSPS) is 10.4. The molecule has 2 nitrogen and oxygen atoms in total. The van der Waals surface area contributed by atoms with Crippen LogP contribution in [0.4, 0.5) is 4.39 Å². The highest BCUT2D eigenvalue weighted by atomic mass is 79.9. The minimum Gasteiger partial charge on any atom is -0.504 e. The number of methoxy groups -OCH3 is 1. The molecular formula is C14H11BrFO2. The van der Waals surface area contributed by atoms with Gasteiger partial charge in [0.15, 0.2) is 11.5 Å². The van der Waals surface area contributed by atoms with Crippen LogP contribution in [0.5, 0.6) is 11.5 Å². The molecule has 0 aromatic heterocycles. The quantitative estimate of drug-likeness (QED) is 0.937. The fraction of sp³-hybridized carbons (Fsp3) is 0.143. The average molecular weight is 310 g/mol. The van der Waals surface area contributed by atoms with Crippen molar-refractivity contribution in [2.24, 2.45) is 0 Å². The van der Waals surface area contributed by atoms with Gasteiger partial charge in [-0.3, -0.25) is 0 Å². The van der Waals surface area contributed by atoms with Gasteiger partial charge < -0.3 is 9.84 Å². The Hall–Kier alpha value is -1.55. The predicted octanol–water partition coefficient (Wildman–Crippen LogP) is 3.69. The molecule has 0 aliphatic heterocycles. The molecule has 2 aromatic carbocycles. The minimum atomic E-state index is -0.273. The molecule has 0 bridgehead atoms. The fourth-order valence-corrected chi connectivity index (χ4v) is 1.97. The van der Waals surface area contributed by atoms with E-state index in [4.69, 9.17) is 4.74 Å². The molecule has 0 amide bonds. The predicted molar refractivity (Wildman–Crippen MR) is 70.4 cm³/mol. The van der Waals surface area contributed by atoms with E-state index in [0.29, 0.717) is 16.5 Å². The van der Waals surface area contributed by atoms with Gasteiger partial charge in [0.25, 0.3) is 0 Å². The SMILES string of the molecule is COc1[c]c(Cc2ccc(Br)cc2F)ccc1O. The smallest absolute Gasteiger partial charge is 0.168 e. The van der Waals surface area contributed by atoms with Crippen LogP contribution in [-0.2, 0) is 6.42 Å². The molecule has 0 heterocycles. The maximum atomic E-state index is 13.7. The van der Waals surface area contributed by atoms with E-state index in [0.717, 1.165) is 5.56 Å². The van der Waals surface area contributed by atoms with Gasteiger partial charge in [-0.05, 0) is 29.3 Å². The maximum Gasteiger partial charge on any atom is 0.168 e. The third kappa shape index (κ3) is 2.82. The van der Waals surface area contributed by atoms with Crippen molar-refractivity contribution in [1.29, 1.82) is 0 Å². The number of rotatable bonds is 3. The summed E-state index contributed by atoms with van der Waals surface area (Å²) in [6.45, 7) is 0. The van der Waals surface area contributed by atoms with Gasteiger partial charge in [-0.15, -0.1) is 0 Å². The summed E-state index contributed by atoms with van der Waals surface area (Å²) in [6.07, 6.45) is 0.399. The zero-order valence-electron chi connectivity index (χ0n) is 9.71. The van der Waals surface area contributed by atoms with Crippen molar-refractivity contribution in [3.63, 3.8) is 0 Å². The highest BCUT2D eigenvalue weighted by Crippen LogP contribution is 2.27. The van der Waals surface area contributed by atoms with Crippen molar-refractivity contribution in [2.75, 3.05) is 7.11 Å². The second kappa shape index (κ2) is 5.40. The number of hydrogen-bond donors (Lipinski definition) is 1. The molecule has 4 heteroatoms. The molecular weight excluding hydrogens is 299 g/mol. The van der Waals surface area contributed by atoms with Crippen LogP contribution in [0.1, 0.15) is 11.1 Å². The Balaban J connectivity index is 2.28. The highest BCUT2D eigenvalue weighted by Gasteiger charge is 2.07. The van der Waals surface area contributed by atoms with Crippen LogP contribution in [0.15, 0.2) is 34.8 Å². The van der Waals surface area contributed by atoms with Gasteiger partial charge in [-0.25, -0.2) is 4.39 Å². The lowest BCUT2D eigenvalue weighted by atomic mass is 10.0. The molecule has 0 spiro atoms. The lowest BCUT2D eigenvalue weighted by Crippen LogP contribution is -1.94. The average Bonchev–Trinajstić information content (AvgIpc) is 2.35. The third-order valence-corrected chi connectivity index (χ3v) is 3.04. The van der Waals surface area contributed by atoms with Gasteiger partial charge in [0, 0.05) is 17.0 Å². The Morgan fingerprint density at radius 2 is 2.11 bits per heavy atom. The highest BCUT2D eigenvalue weighted by molar-refractivity contribution is 9.10. The molecule has 1 radical (unpaired) electrons. The number of halogens is 2. The number of phenols is 1. The molecule has 0 atom stereocenters. The maximum absolute atomic E-state index is 13.7. The van der Waals surface area contributed by atoms with Crippen LogP contribution in [0.3, 0.4) is 0 Å². The van der Waals surface area contributed by atoms with Crippen LogP contribution in [0.2, 0.25) is 0 Å². The molecule has 18 heavy (non-hydrogen) atoms. The molecule has 93 valence electrons. The first kappa shape index (κ1) is 12.9. The number of ether oxygens (including phenoxy) is 1. The number of phenolic OH excluding ortho intramolecular Hbond substituents is 1. The number of hydrogen-bond acceptors (Lipinski definition) is 2. The third-order valence-electron chi connectivity index (χ3n) is 2.55. The van der Waals surface area contributed by atoms with Crippen molar-refractivity contribution >= 4 is 15.9 Å². The molecule has 0 aliphatic carbocycles. The van der Waals surface area contributed by atoms with E-state index in [9.17, 15) is 9.50 Å². The Kier molecular flexibility index (Phi) is 3.87. The number of benzene rings is 2. The summed E-state index contributed by atoms with van der Waals surface area (Å²) < 4.78 is 19.3. The summed E-state index contributed by atoms with van der Waals surface area (Å²) in [7, 11) is 1.45. The second-order valence-corrected chi connectivity index (χ2v) is 4.73. The molecule has 2 rings (SSSR count). The van der Waals surface area contributed by atoms with E-state index in [1.807, 2.05) is 0 Å². The lowest BCUT2D eigenvalue weighted by Gasteiger charge is -2.07. The van der Waals surface area contributed by atoms with E-state index in [1.54, 1.807) is 18.2 Å². The van der Waals surface area contributed by atoms with Gasteiger partial charge in [0.05, 0.1) is 7.11 Å². The van der Waals surface area contributed by atoms with Crippen molar-refractivity contribution in [1.82, 2.24) is 0 Å². The van der Waals surface area contributed by atoms with Gasteiger partial charge in [0.1, 0.15) is 5.82 Å². The molecule has 2 aromatic rings. The van der Waals surface area contributed by atoms with Crippen molar-refractivity contribution in [3.8, 4) is 11.5 Å². The van der Waals surface area contributed by atoms with Crippen molar-refractivity contribution in [3.05, 3.63) is 57.8 Å². The topological polar surface area (TPSA) is 29.5 Å². The largest absolute Gasteiger partial charge is 0.504 e. The van der Waals surface area contributed by atoms with Crippen LogP contribution >= 0.6 is 15.9 Å². The first-order chi connectivity index (χ1) is 8.60. The van der Waals surface area contributed by atoms with E-state index >= 15 is 0 Å². The van der Waals surface area contributed by atoms with E-state index in [1.165, 1.54) is 19.2 Å². The molecule has 1 N–H and O–H groups in total. The van der Waals surface area contributed by atoms with Crippen molar-refractivity contribution in [2.45, 2.75) is 6.42 Å². The second-order valence-electron chi connectivity index (χ2n) is 3.81. The summed E-state index contributed by atoms with van der Waals surface area (Å²) in [4.78, 5) is 0. The van der Waals surface area contributed by atoms with Gasteiger partial charge >= 0.3 is 0 Å². The fourth-order valence-electron chi connectivity index (χ4n) is 1.64. The first-order valence-corrected chi connectivity index (χ1v) is 6.11. The summed E-state index contributed by atoms with van der Waals surface area (Å²) in [5, 5.41) is 9.46. The number of aromatic hydroxyl groups is 1. The molecule has 0 unspecified atom stereocenters. The van der Waals surface area contributed by atoms with Gasteiger partial charge in [-0.1, -0.05) is 28.1 Å². The molecule has 0 aliphatic rings. The zero-order valence-corrected chi connectivity index (χ0v) is 11.3. The van der Waals surface area contributed by atoms with E-state index in [2.05, 4.69) is 22.0 Å². The first-order valence-electron chi connectivity index (χ1n) is 5.32. The summed E-state index contributed by atoms with van der Waals surface area (Å²) in [5.41, 5.74) is 1.33. The standard InChI is InChI=1S/C14H11BrFO2/c1-18-14-7-9(2-5-13(14)17)6-10-3-4-11(15)8-12(10)16/h2-5,8,17H,6H2,1H3. The Morgan fingerprint density at radius 1 is 1.33 bits per heavy atom. The Bertz CT molecular complexity index is 570. The van der Waals surface area contributed by atoms with Crippen molar-refractivity contribution < 1.29 is 14.2 Å². The monoisotopic (exact) mass is 309 g/mol. The summed E-state index contributed by atoms with van der Waals surface area (Å²) in [6, 6.07) is 11.0. The minimum absolute atomic E-state index is 0.0255. The Labute approximate surface area is 113 Å². The Morgan fingerprint density at radius 3 is 2.78 bits per heavy atom. The van der Waals surface area contributed by atoms with Crippen LogP contribution in [0, 0.1) is 11.9 Å². The zero-order chi connectivity index (χ0) is 13.1. The molecule has 0 saturated heterocycles. The van der Waals surface area contributed by atoms with Crippen LogP contribution in [-0.4, -0.2) is 12.2 Å². The van der Waals surface area contributed by atoms with E-state index < -0.39 is 0 Å². The van der Waals surface area contributed by atoms with Gasteiger partial charge in [-0.2, -0.15) is 0 Å². The summed E-state index contributed by atoms with van der Waals surface area (Å²) in [5.74, 6) is 0.0207. The van der Waals surface area contributed by atoms with Crippen LogP contribution < -0.4 is 4.74 Å². The summed E-state index contributed by atoms with van der Waals surface area (Å²) >= 11 is 3.21. The van der Waals surface area contributed by atoms with Gasteiger partial charge in [0.2, 0.25) is 0 Å².